The van der Waals surface area contributed by atoms with Crippen molar-refractivity contribution in [1.29, 1.82) is 0 Å². The number of alkyl halides is 3. The Balaban J connectivity index is 1.32. The first kappa shape index (κ1) is 20.1. The zero-order valence-corrected chi connectivity index (χ0v) is 16.2. The molecule has 1 aliphatic carbocycles. The van der Waals surface area contributed by atoms with Gasteiger partial charge in [0.2, 0.25) is 5.91 Å². The summed E-state index contributed by atoms with van der Waals surface area (Å²) in [5.41, 5.74) is 0.322. The van der Waals surface area contributed by atoms with Crippen molar-refractivity contribution in [2.45, 2.75) is 43.5 Å². The molecule has 1 aromatic carbocycles. The molecule has 0 atom stereocenters. The number of halogens is 4. The van der Waals surface area contributed by atoms with Gasteiger partial charge in [-0.05, 0) is 49.3 Å². The zero-order valence-electron chi connectivity index (χ0n) is 15.4. The number of hydrogen-bond donors (Lipinski definition) is 1. The summed E-state index contributed by atoms with van der Waals surface area (Å²) in [7, 11) is 0. The van der Waals surface area contributed by atoms with Crippen molar-refractivity contribution >= 4 is 23.6 Å². The molecular weight excluding hydrogens is 413 g/mol. The number of ether oxygens (including phenoxy) is 2. The number of nitrogens with zero attached hydrogens (tertiary/aromatic N) is 1. The van der Waals surface area contributed by atoms with E-state index in [1.807, 2.05) is 0 Å². The first-order chi connectivity index (χ1) is 13.6. The van der Waals surface area contributed by atoms with Gasteiger partial charge >= 0.3 is 12.5 Å². The maximum absolute atomic E-state index is 12.7. The quantitative estimate of drug-likeness (QED) is 0.788. The number of carbonyl (C=O) groups is 2. The first-order valence-corrected chi connectivity index (χ1v) is 9.81. The van der Waals surface area contributed by atoms with E-state index < -0.39 is 23.7 Å². The lowest BCUT2D eigenvalue weighted by Crippen LogP contribution is -2.58. The molecule has 2 aliphatic heterocycles. The minimum atomic E-state index is -4.80. The van der Waals surface area contributed by atoms with Gasteiger partial charge in [0.05, 0.1) is 10.6 Å². The van der Waals surface area contributed by atoms with Crippen molar-refractivity contribution in [3.63, 3.8) is 0 Å². The second-order valence-corrected chi connectivity index (χ2v) is 8.33. The minimum absolute atomic E-state index is 0.0298. The Morgan fingerprint density at radius 1 is 1.28 bits per heavy atom. The van der Waals surface area contributed by atoms with Crippen LogP contribution in [-0.4, -0.2) is 48.5 Å². The monoisotopic (exact) mass is 432 g/mol. The summed E-state index contributed by atoms with van der Waals surface area (Å²) in [6.45, 7) is 1.37. The molecule has 10 heteroatoms. The van der Waals surface area contributed by atoms with E-state index in [9.17, 15) is 22.8 Å². The van der Waals surface area contributed by atoms with Crippen LogP contribution in [0.15, 0.2) is 18.2 Å². The Labute approximate surface area is 170 Å². The predicted molar refractivity (Wildman–Crippen MR) is 96.6 cm³/mol. The van der Waals surface area contributed by atoms with Crippen molar-refractivity contribution in [2.75, 3.05) is 19.7 Å². The molecule has 0 bridgehead atoms. The topological polar surface area (TPSA) is 67.9 Å². The number of benzene rings is 1. The van der Waals surface area contributed by atoms with Crippen molar-refractivity contribution in [2.24, 2.45) is 5.92 Å². The smallest absolute Gasteiger partial charge is 0.447 e. The van der Waals surface area contributed by atoms with Crippen LogP contribution in [-0.2, 0) is 9.53 Å². The molecule has 158 valence electrons. The van der Waals surface area contributed by atoms with Gasteiger partial charge in [-0.1, -0.05) is 17.7 Å². The van der Waals surface area contributed by atoms with E-state index in [0.29, 0.717) is 50.9 Å². The molecular formula is C19H20ClF3N2O4. The summed E-state index contributed by atoms with van der Waals surface area (Å²) < 4.78 is 46.5. The molecule has 1 N–H and O–H groups in total. The fourth-order valence-corrected chi connectivity index (χ4v) is 4.59. The van der Waals surface area contributed by atoms with Crippen LogP contribution in [0, 0.1) is 5.92 Å². The number of alkyl carbamates (subject to hydrolysis) is 1. The third-order valence-corrected chi connectivity index (χ3v) is 6.24. The number of nitrogens with one attached hydrogen (secondary N) is 1. The average molecular weight is 433 g/mol. The molecule has 4 rings (SSSR count). The highest BCUT2D eigenvalue weighted by molar-refractivity contribution is 6.32. The number of hydrogen-bond acceptors (Lipinski definition) is 4. The molecule has 3 aliphatic rings. The van der Waals surface area contributed by atoms with Gasteiger partial charge in [-0.3, -0.25) is 4.79 Å². The fraction of sp³-hybridized carbons (Fsp3) is 0.579. The number of carbonyl (C=O) groups excluding carboxylic acids is 2. The highest BCUT2D eigenvalue weighted by Crippen LogP contribution is 2.42. The van der Waals surface area contributed by atoms with Gasteiger partial charge in [0.1, 0.15) is 12.4 Å². The van der Waals surface area contributed by atoms with Crippen molar-refractivity contribution in [3.8, 4) is 5.75 Å². The van der Waals surface area contributed by atoms with Crippen LogP contribution < -0.4 is 10.1 Å². The van der Waals surface area contributed by atoms with Crippen molar-refractivity contribution < 1.29 is 32.2 Å². The van der Waals surface area contributed by atoms with E-state index in [2.05, 4.69) is 10.1 Å². The summed E-state index contributed by atoms with van der Waals surface area (Å²) in [4.78, 5) is 25.7. The third kappa shape index (κ3) is 4.24. The third-order valence-electron chi connectivity index (χ3n) is 5.93. The molecule has 1 saturated carbocycles. The molecule has 1 spiro atoms. The number of amides is 2. The Bertz CT molecular complexity index is 818. The van der Waals surface area contributed by atoms with Crippen LogP contribution in [0.2, 0.25) is 5.02 Å². The van der Waals surface area contributed by atoms with Crippen LogP contribution in [0.4, 0.5) is 18.0 Å². The molecule has 1 aromatic rings. The molecule has 0 aromatic heterocycles. The van der Waals surface area contributed by atoms with Crippen molar-refractivity contribution in [3.05, 3.63) is 28.8 Å². The van der Waals surface area contributed by atoms with Crippen LogP contribution >= 0.6 is 11.6 Å². The lowest BCUT2D eigenvalue weighted by molar-refractivity contribution is -0.274. The van der Waals surface area contributed by atoms with E-state index >= 15 is 0 Å². The Hall–Kier alpha value is -2.16. The second kappa shape index (κ2) is 7.27. The minimum Gasteiger partial charge on any atom is -0.447 e. The van der Waals surface area contributed by atoms with Gasteiger partial charge in [-0.2, -0.15) is 0 Å². The van der Waals surface area contributed by atoms with Gasteiger partial charge in [0.25, 0.3) is 0 Å². The lowest BCUT2D eigenvalue weighted by atomic mass is 9.68. The molecule has 2 amide bonds. The predicted octanol–water partition coefficient (Wildman–Crippen LogP) is 3.83. The van der Waals surface area contributed by atoms with Gasteiger partial charge < -0.3 is 19.7 Å². The summed E-state index contributed by atoms with van der Waals surface area (Å²) in [6.07, 6.45) is -2.79. The van der Waals surface area contributed by atoms with Gasteiger partial charge in [0, 0.05) is 19.0 Å². The lowest BCUT2D eigenvalue weighted by Gasteiger charge is -2.45. The van der Waals surface area contributed by atoms with E-state index in [1.165, 1.54) is 12.1 Å². The largest absolute Gasteiger partial charge is 0.573 e. The molecule has 3 fully saturated rings. The number of likely N-dealkylation sites (tertiary alicyclic amines) is 1. The van der Waals surface area contributed by atoms with Gasteiger partial charge in [0.15, 0.2) is 0 Å². The fourth-order valence-electron chi connectivity index (χ4n) is 4.44. The molecule has 0 radical (unpaired) electrons. The van der Waals surface area contributed by atoms with E-state index in [-0.39, 0.29) is 22.8 Å². The number of piperidine rings is 1. The highest BCUT2D eigenvalue weighted by Gasteiger charge is 2.53. The van der Waals surface area contributed by atoms with Gasteiger partial charge in [-0.25, -0.2) is 4.79 Å². The maximum Gasteiger partial charge on any atom is 0.573 e. The average Bonchev–Trinajstić information content (AvgIpc) is 3.03. The van der Waals surface area contributed by atoms with E-state index in [1.54, 1.807) is 11.0 Å². The summed E-state index contributed by atoms with van der Waals surface area (Å²) in [5.74, 6) is -0.443. The van der Waals surface area contributed by atoms with Crippen molar-refractivity contribution in [1.82, 2.24) is 10.2 Å². The van der Waals surface area contributed by atoms with Crippen LogP contribution in [0.1, 0.15) is 37.2 Å². The van der Waals surface area contributed by atoms with Gasteiger partial charge in [-0.15, -0.1) is 13.2 Å². The number of cyclic esters (lactones) is 1. The zero-order chi connectivity index (χ0) is 20.8. The molecule has 29 heavy (non-hydrogen) atoms. The highest BCUT2D eigenvalue weighted by atomic mass is 35.5. The Morgan fingerprint density at radius 3 is 2.55 bits per heavy atom. The summed E-state index contributed by atoms with van der Waals surface area (Å²) in [5, 5.41) is 2.68. The molecule has 6 nitrogen and oxygen atoms in total. The Morgan fingerprint density at radius 2 is 1.97 bits per heavy atom. The Kier molecular flexibility index (Phi) is 5.04. The standard InChI is InChI=1S/C19H20ClF3N2O4/c20-14-2-1-12(7-15(14)29-19(21,22)23)11-3-5-25(6-4-11)16(26)13-8-18(9-13)10-28-17(27)24-18/h1-2,7,11,13H,3-6,8-10H2,(H,24,27). The van der Waals surface area contributed by atoms with Crippen LogP contribution in [0.25, 0.3) is 0 Å². The summed E-state index contributed by atoms with van der Waals surface area (Å²) >= 11 is 5.81. The first-order valence-electron chi connectivity index (χ1n) is 9.43. The van der Waals surface area contributed by atoms with E-state index in [0.717, 1.165) is 0 Å². The molecule has 0 unspecified atom stereocenters. The molecule has 2 saturated heterocycles. The second-order valence-electron chi connectivity index (χ2n) is 7.92. The van der Waals surface area contributed by atoms with E-state index in [4.69, 9.17) is 16.3 Å². The van der Waals surface area contributed by atoms with Crippen LogP contribution in [0.5, 0.6) is 5.75 Å². The SMILES string of the molecule is O=C1NC2(CO1)CC(C(=O)N1CCC(c3ccc(Cl)c(OC(F)(F)F)c3)CC1)C2. The molecule has 2 heterocycles. The normalized spacial score (nSPS) is 27.4. The van der Waals surface area contributed by atoms with Crippen LogP contribution in [0.3, 0.4) is 0 Å². The number of rotatable bonds is 3. The maximum atomic E-state index is 12.7. The summed E-state index contributed by atoms with van der Waals surface area (Å²) in [6, 6.07) is 4.43.